The largest absolute Gasteiger partial charge is 0.416 e. The predicted molar refractivity (Wildman–Crippen MR) is 113 cm³/mol. The summed E-state index contributed by atoms with van der Waals surface area (Å²) in [5, 5.41) is 1.54. The Labute approximate surface area is 186 Å². The lowest BCUT2D eigenvalue weighted by atomic mass is 9.99. The van der Waals surface area contributed by atoms with Gasteiger partial charge in [0.1, 0.15) is 0 Å². The summed E-state index contributed by atoms with van der Waals surface area (Å²) < 4.78 is 45.6. The smallest absolute Gasteiger partial charge is 0.379 e. The minimum atomic E-state index is -4.58. The number of carbonyl (C=O) groups excluding carboxylic acids is 2. The number of ether oxygens (including phenoxy) is 1. The number of hydrogen-bond acceptors (Lipinski definition) is 6. The molecule has 3 saturated heterocycles. The molecule has 11 heteroatoms. The predicted octanol–water partition coefficient (Wildman–Crippen LogP) is 3.98. The standard InChI is InChI=1S/C20H21ClF3N3O3S/c21-15-11-13(20(22,23)24)9-12(10-16-18(28)25-19(29)31-16)17(15)27-3-1-14(2-4-27)26-5-7-30-8-6-26/h9-11,14H,1-8H2,(H,25,28,29)/b16-10-. The zero-order valence-electron chi connectivity index (χ0n) is 16.5. The SMILES string of the molecule is O=C1NC(=O)/C(=C/c2cc(C(F)(F)F)cc(Cl)c2N2CCC(N3CCOCC3)CC2)S1. The van der Waals surface area contributed by atoms with Gasteiger partial charge in [0, 0.05) is 37.8 Å². The van der Waals surface area contributed by atoms with Crippen molar-refractivity contribution in [3.05, 3.63) is 33.2 Å². The van der Waals surface area contributed by atoms with E-state index < -0.39 is 22.9 Å². The normalized spacial score (nSPS) is 23.0. The van der Waals surface area contributed by atoms with Gasteiger partial charge in [-0.3, -0.25) is 19.8 Å². The van der Waals surface area contributed by atoms with Gasteiger partial charge in [-0.15, -0.1) is 0 Å². The quantitative estimate of drug-likeness (QED) is 0.667. The van der Waals surface area contributed by atoms with Gasteiger partial charge in [-0.1, -0.05) is 11.6 Å². The van der Waals surface area contributed by atoms with Crippen molar-refractivity contribution in [3.8, 4) is 0 Å². The molecule has 0 aromatic heterocycles. The fourth-order valence-corrected chi connectivity index (χ4v) is 5.21. The van der Waals surface area contributed by atoms with Gasteiger partial charge in [-0.2, -0.15) is 13.2 Å². The summed E-state index contributed by atoms with van der Waals surface area (Å²) in [6.45, 7) is 4.43. The Bertz CT molecular complexity index is 911. The number of rotatable bonds is 3. The van der Waals surface area contributed by atoms with Crippen LogP contribution in [0.1, 0.15) is 24.0 Å². The molecule has 2 amide bonds. The number of thioether (sulfide) groups is 1. The van der Waals surface area contributed by atoms with Gasteiger partial charge in [0.25, 0.3) is 11.1 Å². The lowest BCUT2D eigenvalue weighted by molar-refractivity contribution is -0.137. The molecule has 4 rings (SSSR count). The Balaban J connectivity index is 1.63. The van der Waals surface area contributed by atoms with Crippen molar-refractivity contribution in [2.45, 2.75) is 25.1 Å². The Morgan fingerprint density at radius 1 is 1.13 bits per heavy atom. The van der Waals surface area contributed by atoms with E-state index in [1.165, 1.54) is 6.08 Å². The van der Waals surface area contributed by atoms with Crippen LogP contribution in [0.4, 0.5) is 23.7 Å². The number of morpholine rings is 1. The third-order valence-corrected chi connectivity index (χ3v) is 6.79. The van der Waals surface area contributed by atoms with E-state index in [2.05, 4.69) is 10.2 Å². The van der Waals surface area contributed by atoms with Crippen LogP contribution in [0.3, 0.4) is 0 Å². The van der Waals surface area contributed by atoms with E-state index in [1.54, 1.807) is 0 Å². The number of amides is 2. The van der Waals surface area contributed by atoms with Crippen LogP contribution < -0.4 is 10.2 Å². The van der Waals surface area contributed by atoms with Crippen molar-refractivity contribution >= 4 is 46.3 Å². The van der Waals surface area contributed by atoms with Crippen molar-refractivity contribution in [2.75, 3.05) is 44.3 Å². The molecule has 0 unspecified atom stereocenters. The minimum Gasteiger partial charge on any atom is -0.379 e. The highest BCUT2D eigenvalue weighted by Crippen LogP contribution is 2.41. The minimum absolute atomic E-state index is 0.0266. The van der Waals surface area contributed by atoms with E-state index in [1.807, 2.05) is 4.90 Å². The monoisotopic (exact) mass is 475 g/mol. The van der Waals surface area contributed by atoms with E-state index in [4.69, 9.17) is 16.3 Å². The summed E-state index contributed by atoms with van der Waals surface area (Å²) in [4.78, 5) is 27.8. The Morgan fingerprint density at radius 3 is 2.39 bits per heavy atom. The number of imide groups is 1. The van der Waals surface area contributed by atoms with Gasteiger partial charge >= 0.3 is 6.18 Å². The molecule has 31 heavy (non-hydrogen) atoms. The third-order valence-electron chi connectivity index (χ3n) is 5.69. The number of hydrogen-bond donors (Lipinski definition) is 1. The van der Waals surface area contributed by atoms with Crippen molar-refractivity contribution in [2.24, 2.45) is 0 Å². The van der Waals surface area contributed by atoms with Crippen molar-refractivity contribution in [1.29, 1.82) is 0 Å². The van der Waals surface area contributed by atoms with Gasteiger partial charge in [0.15, 0.2) is 0 Å². The van der Waals surface area contributed by atoms with Crippen LogP contribution in [-0.4, -0.2) is 61.5 Å². The average molecular weight is 476 g/mol. The summed E-state index contributed by atoms with van der Waals surface area (Å²) in [5.74, 6) is -0.625. The van der Waals surface area contributed by atoms with Crippen molar-refractivity contribution in [1.82, 2.24) is 10.2 Å². The number of piperidine rings is 1. The number of benzene rings is 1. The lowest BCUT2D eigenvalue weighted by Crippen LogP contribution is -2.49. The van der Waals surface area contributed by atoms with E-state index in [0.29, 0.717) is 49.8 Å². The molecule has 0 atom stereocenters. The van der Waals surface area contributed by atoms with Crippen LogP contribution in [0.2, 0.25) is 5.02 Å². The molecular weight excluding hydrogens is 455 g/mol. The number of alkyl halides is 3. The second-order valence-corrected chi connectivity index (χ2v) is 9.03. The zero-order chi connectivity index (χ0) is 22.2. The molecule has 0 aliphatic carbocycles. The first-order valence-electron chi connectivity index (χ1n) is 9.95. The van der Waals surface area contributed by atoms with E-state index in [9.17, 15) is 22.8 Å². The first-order valence-corrected chi connectivity index (χ1v) is 11.1. The summed E-state index contributed by atoms with van der Waals surface area (Å²) in [7, 11) is 0. The molecule has 0 bridgehead atoms. The molecule has 1 aromatic rings. The zero-order valence-corrected chi connectivity index (χ0v) is 18.1. The lowest BCUT2D eigenvalue weighted by Gasteiger charge is -2.41. The molecule has 3 aliphatic heterocycles. The summed E-state index contributed by atoms with van der Waals surface area (Å²) in [6, 6.07) is 2.29. The van der Waals surface area contributed by atoms with Gasteiger partial charge < -0.3 is 9.64 Å². The van der Waals surface area contributed by atoms with E-state index >= 15 is 0 Å². The number of halogens is 4. The molecule has 0 spiro atoms. The third kappa shape index (κ3) is 5.02. The van der Waals surface area contributed by atoms with Crippen LogP contribution in [0.5, 0.6) is 0 Å². The van der Waals surface area contributed by atoms with Crippen LogP contribution in [0.15, 0.2) is 17.0 Å². The molecule has 1 N–H and O–H groups in total. The number of anilines is 1. The van der Waals surface area contributed by atoms with E-state index in [0.717, 1.165) is 38.1 Å². The highest BCUT2D eigenvalue weighted by Gasteiger charge is 2.34. The van der Waals surface area contributed by atoms with Crippen LogP contribution in [0, 0.1) is 0 Å². The molecular formula is C20H21ClF3N3O3S. The molecule has 0 saturated carbocycles. The topological polar surface area (TPSA) is 61.9 Å². The highest BCUT2D eigenvalue weighted by atomic mass is 35.5. The summed E-state index contributed by atoms with van der Waals surface area (Å²) >= 11 is 7.00. The number of nitrogens with one attached hydrogen (secondary N) is 1. The molecule has 3 fully saturated rings. The molecule has 6 nitrogen and oxygen atoms in total. The Morgan fingerprint density at radius 2 is 1.81 bits per heavy atom. The Hall–Kier alpha value is -1.75. The first-order chi connectivity index (χ1) is 14.7. The maximum Gasteiger partial charge on any atom is 0.416 e. The van der Waals surface area contributed by atoms with E-state index in [-0.39, 0.29) is 15.5 Å². The molecule has 1 aromatic carbocycles. The first kappa shape index (κ1) is 22.4. The van der Waals surface area contributed by atoms with Crippen molar-refractivity contribution in [3.63, 3.8) is 0 Å². The second-order valence-electron chi connectivity index (χ2n) is 7.61. The Kier molecular flexibility index (Phi) is 6.52. The second kappa shape index (κ2) is 9.01. The van der Waals surface area contributed by atoms with Crippen LogP contribution in [-0.2, 0) is 15.7 Å². The maximum absolute atomic E-state index is 13.4. The average Bonchev–Trinajstić information content (AvgIpc) is 3.04. The summed E-state index contributed by atoms with van der Waals surface area (Å²) in [6.07, 6.45) is -1.57. The highest BCUT2D eigenvalue weighted by molar-refractivity contribution is 8.18. The van der Waals surface area contributed by atoms with Gasteiger partial charge in [0.05, 0.1) is 34.4 Å². The van der Waals surface area contributed by atoms with Gasteiger partial charge in [0.2, 0.25) is 0 Å². The molecule has 3 heterocycles. The van der Waals surface area contributed by atoms with Gasteiger partial charge in [-0.25, -0.2) is 0 Å². The molecule has 3 aliphatic rings. The van der Waals surface area contributed by atoms with Crippen LogP contribution >= 0.6 is 23.4 Å². The number of nitrogens with zero attached hydrogens (tertiary/aromatic N) is 2. The van der Waals surface area contributed by atoms with Crippen LogP contribution in [0.25, 0.3) is 6.08 Å². The number of carbonyl (C=O) groups is 2. The fraction of sp³-hybridized carbons (Fsp3) is 0.500. The van der Waals surface area contributed by atoms with Gasteiger partial charge in [-0.05, 0) is 42.8 Å². The molecule has 168 valence electrons. The maximum atomic E-state index is 13.4. The van der Waals surface area contributed by atoms with Crippen molar-refractivity contribution < 1.29 is 27.5 Å². The summed E-state index contributed by atoms with van der Waals surface area (Å²) in [5.41, 5.74) is -0.265. The molecule has 0 radical (unpaired) electrons. The fourth-order valence-electron chi connectivity index (χ4n) is 4.19.